The van der Waals surface area contributed by atoms with Crippen molar-refractivity contribution in [3.05, 3.63) is 58.3 Å². The summed E-state index contributed by atoms with van der Waals surface area (Å²) in [4.78, 5) is 30.2. The summed E-state index contributed by atoms with van der Waals surface area (Å²) in [5, 5.41) is 4.41. The van der Waals surface area contributed by atoms with E-state index in [-0.39, 0.29) is 5.97 Å². The molecule has 0 saturated carbocycles. The summed E-state index contributed by atoms with van der Waals surface area (Å²) < 4.78 is 11.3. The van der Waals surface area contributed by atoms with Gasteiger partial charge in [-0.15, -0.1) is 0 Å². The first-order valence-electron chi connectivity index (χ1n) is 13.8. The lowest BCUT2D eigenvalue weighted by Crippen LogP contribution is -2.44. The molecule has 0 aliphatic carbocycles. The van der Waals surface area contributed by atoms with Gasteiger partial charge in [0.1, 0.15) is 0 Å². The van der Waals surface area contributed by atoms with E-state index in [1.165, 1.54) is 0 Å². The molecular weight excluding hydrogens is 551 g/mol. The van der Waals surface area contributed by atoms with Gasteiger partial charge in [0, 0.05) is 60.8 Å². The molecule has 2 aromatic heterocycles. The summed E-state index contributed by atoms with van der Waals surface area (Å²) in [6, 6.07) is 9.38. The zero-order chi connectivity index (χ0) is 27.9. The van der Waals surface area contributed by atoms with Crippen molar-refractivity contribution in [1.82, 2.24) is 25.2 Å². The molecule has 40 heavy (non-hydrogen) atoms. The van der Waals surface area contributed by atoms with E-state index in [2.05, 4.69) is 25.1 Å². The predicted molar refractivity (Wildman–Crippen MR) is 156 cm³/mol. The lowest BCUT2D eigenvalue weighted by molar-refractivity contribution is -0.144. The first kappa shape index (κ1) is 28.5. The predicted octanol–water partition coefficient (Wildman–Crippen LogP) is 5.21. The van der Waals surface area contributed by atoms with Crippen molar-refractivity contribution in [2.75, 3.05) is 50.8 Å². The summed E-state index contributed by atoms with van der Waals surface area (Å²) in [7, 11) is 0. The maximum absolute atomic E-state index is 11.9. The molecule has 0 bridgehead atoms. The number of carbonyl (C=O) groups excluding carboxylic acids is 1. The maximum atomic E-state index is 11.9. The number of aromatic nitrogens is 3. The summed E-state index contributed by atoms with van der Waals surface area (Å²) in [5.74, 6) is 1.90. The van der Waals surface area contributed by atoms with Crippen LogP contribution in [0.5, 0.6) is 11.6 Å². The number of pyridine rings is 1. The highest BCUT2D eigenvalue weighted by atomic mass is 35.5. The minimum atomic E-state index is -0.105. The summed E-state index contributed by atoms with van der Waals surface area (Å²) >= 11 is 12.6. The Kier molecular flexibility index (Phi) is 9.70. The Morgan fingerprint density at radius 3 is 2.38 bits per heavy atom. The van der Waals surface area contributed by atoms with Crippen molar-refractivity contribution in [2.45, 2.75) is 32.7 Å². The fourth-order valence-corrected chi connectivity index (χ4v) is 5.65. The summed E-state index contributed by atoms with van der Waals surface area (Å²) in [6.45, 7) is 8.38. The molecule has 5 rings (SSSR count). The number of nitrogens with one attached hydrogen (secondary N) is 1. The number of benzene rings is 1. The van der Waals surface area contributed by atoms with Crippen LogP contribution >= 0.6 is 23.2 Å². The van der Waals surface area contributed by atoms with Gasteiger partial charge in [0.2, 0.25) is 11.8 Å². The highest BCUT2D eigenvalue weighted by molar-refractivity contribution is 6.35. The number of halogens is 2. The Morgan fingerprint density at radius 1 is 1.00 bits per heavy atom. The van der Waals surface area contributed by atoms with Gasteiger partial charge < -0.3 is 19.7 Å². The second-order valence-electron chi connectivity index (χ2n) is 10.1. The third-order valence-corrected chi connectivity index (χ3v) is 7.57. The number of hydrogen-bond donors (Lipinski definition) is 1. The van der Waals surface area contributed by atoms with Crippen LogP contribution in [-0.2, 0) is 16.1 Å². The van der Waals surface area contributed by atoms with Gasteiger partial charge in [0.25, 0.3) is 0 Å². The van der Waals surface area contributed by atoms with Gasteiger partial charge in [-0.3, -0.25) is 9.69 Å². The lowest BCUT2D eigenvalue weighted by Gasteiger charge is -2.31. The highest BCUT2D eigenvalue weighted by Crippen LogP contribution is 2.31. The Bertz CT molecular complexity index is 1280. The van der Waals surface area contributed by atoms with Crippen LogP contribution in [0.3, 0.4) is 0 Å². The van der Waals surface area contributed by atoms with E-state index in [1.54, 1.807) is 18.5 Å². The summed E-state index contributed by atoms with van der Waals surface area (Å²) in [6.07, 6.45) is 5.78. The lowest BCUT2D eigenvalue weighted by atomic mass is 9.93. The van der Waals surface area contributed by atoms with Crippen LogP contribution in [0, 0.1) is 5.92 Å². The molecule has 0 atom stereocenters. The number of rotatable bonds is 9. The van der Waals surface area contributed by atoms with Gasteiger partial charge in [0.15, 0.2) is 5.75 Å². The van der Waals surface area contributed by atoms with E-state index in [4.69, 9.17) is 37.7 Å². The van der Waals surface area contributed by atoms with Crippen LogP contribution in [0.25, 0.3) is 11.3 Å². The van der Waals surface area contributed by atoms with Gasteiger partial charge in [-0.1, -0.05) is 23.2 Å². The zero-order valence-corrected chi connectivity index (χ0v) is 24.1. The number of esters is 1. The van der Waals surface area contributed by atoms with E-state index in [0.29, 0.717) is 52.3 Å². The fourth-order valence-electron chi connectivity index (χ4n) is 5.13. The molecule has 9 nitrogen and oxygen atoms in total. The third-order valence-electron chi connectivity index (χ3n) is 7.13. The molecule has 2 fully saturated rings. The second kappa shape index (κ2) is 13.6. The average Bonchev–Trinajstić information content (AvgIpc) is 2.94. The van der Waals surface area contributed by atoms with Crippen LogP contribution in [-0.4, -0.2) is 71.7 Å². The SMILES string of the molecule is CCOC(=O)CC1CCN(Cc2cc(Oc3cnc(N4CCNCC4)nc3)nc(-c3cc(Cl)cc(Cl)c3)c2)CC1. The molecule has 1 N–H and O–H groups in total. The molecule has 0 spiro atoms. The highest BCUT2D eigenvalue weighted by Gasteiger charge is 2.23. The molecule has 2 saturated heterocycles. The van der Waals surface area contributed by atoms with Crippen molar-refractivity contribution in [3.8, 4) is 22.9 Å². The molecule has 212 valence electrons. The topological polar surface area (TPSA) is 92.7 Å². The van der Waals surface area contributed by atoms with Crippen LogP contribution in [0.15, 0.2) is 42.7 Å². The quantitative estimate of drug-likeness (QED) is 0.340. The molecule has 0 amide bonds. The molecular formula is C29H34Cl2N6O3. The fraction of sp³-hybridized carbons (Fsp3) is 0.448. The number of hydrogen-bond acceptors (Lipinski definition) is 9. The Balaban J connectivity index is 1.32. The average molecular weight is 586 g/mol. The van der Waals surface area contributed by atoms with Crippen molar-refractivity contribution in [2.24, 2.45) is 5.92 Å². The van der Waals surface area contributed by atoms with Crippen molar-refractivity contribution in [3.63, 3.8) is 0 Å². The van der Waals surface area contributed by atoms with Crippen LogP contribution in [0.1, 0.15) is 31.7 Å². The molecule has 2 aliphatic heterocycles. The van der Waals surface area contributed by atoms with E-state index in [0.717, 1.165) is 69.8 Å². The Labute approximate surface area is 244 Å². The van der Waals surface area contributed by atoms with Crippen molar-refractivity contribution >= 4 is 35.1 Å². The smallest absolute Gasteiger partial charge is 0.306 e. The molecule has 3 aromatic rings. The number of piperidine rings is 1. The van der Waals surface area contributed by atoms with E-state index >= 15 is 0 Å². The van der Waals surface area contributed by atoms with Crippen LogP contribution in [0.4, 0.5) is 5.95 Å². The van der Waals surface area contributed by atoms with Gasteiger partial charge >= 0.3 is 5.97 Å². The van der Waals surface area contributed by atoms with Gasteiger partial charge in [-0.2, -0.15) is 0 Å². The number of piperazine rings is 1. The number of nitrogens with zero attached hydrogens (tertiary/aromatic N) is 5. The second-order valence-corrected chi connectivity index (χ2v) is 11.0. The Hall–Kier alpha value is -2.98. The first-order valence-corrected chi connectivity index (χ1v) is 14.5. The maximum Gasteiger partial charge on any atom is 0.306 e. The Morgan fingerprint density at radius 2 is 1.70 bits per heavy atom. The third kappa shape index (κ3) is 7.81. The van der Waals surface area contributed by atoms with E-state index in [9.17, 15) is 4.79 Å². The minimum absolute atomic E-state index is 0.105. The van der Waals surface area contributed by atoms with E-state index < -0.39 is 0 Å². The molecule has 4 heterocycles. The van der Waals surface area contributed by atoms with E-state index in [1.807, 2.05) is 31.2 Å². The standard InChI is InChI=1S/C29H34Cl2N6O3/c1-2-39-28(38)13-20-3-7-36(8-4-20)19-21-11-26(22-14-23(30)16-24(31)15-22)35-27(12-21)40-25-17-33-29(34-18-25)37-9-5-32-6-10-37/h11-12,14-18,20,32H,2-10,13,19H2,1H3. The number of likely N-dealkylation sites (tertiary alicyclic amines) is 1. The molecule has 2 aliphatic rings. The van der Waals surface area contributed by atoms with Gasteiger partial charge in [-0.25, -0.2) is 15.0 Å². The van der Waals surface area contributed by atoms with Crippen molar-refractivity contribution in [1.29, 1.82) is 0 Å². The monoisotopic (exact) mass is 584 g/mol. The zero-order valence-electron chi connectivity index (χ0n) is 22.6. The van der Waals surface area contributed by atoms with Crippen LogP contribution < -0.4 is 15.0 Å². The van der Waals surface area contributed by atoms with Crippen molar-refractivity contribution < 1.29 is 14.3 Å². The molecule has 11 heteroatoms. The number of ether oxygens (including phenoxy) is 2. The van der Waals surface area contributed by atoms with Gasteiger partial charge in [-0.05, 0) is 68.6 Å². The molecule has 0 radical (unpaired) electrons. The normalized spacial score (nSPS) is 16.6. The molecule has 1 aromatic carbocycles. The summed E-state index contributed by atoms with van der Waals surface area (Å²) in [5.41, 5.74) is 2.58. The largest absolute Gasteiger partial charge is 0.466 e. The first-order chi connectivity index (χ1) is 19.4. The number of anilines is 1. The number of carbonyl (C=O) groups is 1. The minimum Gasteiger partial charge on any atom is -0.466 e. The van der Waals surface area contributed by atoms with Crippen LogP contribution in [0.2, 0.25) is 10.0 Å². The molecule has 0 unspecified atom stereocenters. The van der Waals surface area contributed by atoms with Gasteiger partial charge in [0.05, 0.1) is 24.7 Å².